The number of hydrogen-bond acceptors (Lipinski definition) is 3. The van der Waals surface area contributed by atoms with Crippen LogP contribution >= 0.6 is 0 Å². The SMILES string of the molecule is CCCN(CCC)c1ccc(NC(=O)Cc2ccc(OC)cc2)cc1. The Kier molecular flexibility index (Phi) is 7.33. The predicted molar refractivity (Wildman–Crippen MR) is 105 cm³/mol. The molecule has 0 saturated heterocycles. The van der Waals surface area contributed by atoms with Crippen molar-refractivity contribution in [2.75, 3.05) is 30.4 Å². The fourth-order valence-electron chi connectivity index (χ4n) is 2.80. The van der Waals surface area contributed by atoms with Gasteiger partial charge in [-0.2, -0.15) is 0 Å². The summed E-state index contributed by atoms with van der Waals surface area (Å²) in [4.78, 5) is 14.6. The second kappa shape index (κ2) is 9.72. The highest BCUT2D eigenvalue weighted by Gasteiger charge is 2.07. The number of methoxy groups -OCH3 is 1. The Hall–Kier alpha value is -2.49. The molecule has 2 aromatic carbocycles. The molecule has 0 atom stereocenters. The van der Waals surface area contributed by atoms with Gasteiger partial charge in [-0.1, -0.05) is 26.0 Å². The molecule has 2 aromatic rings. The Morgan fingerprint density at radius 3 is 2.08 bits per heavy atom. The first-order chi connectivity index (χ1) is 12.2. The molecule has 0 saturated carbocycles. The van der Waals surface area contributed by atoms with Crippen LogP contribution in [0.2, 0.25) is 0 Å². The van der Waals surface area contributed by atoms with Crippen LogP contribution in [0.25, 0.3) is 0 Å². The van der Waals surface area contributed by atoms with Crippen molar-refractivity contribution < 1.29 is 9.53 Å². The summed E-state index contributed by atoms with van der Waals surface area (Å²) in [5.41, 5.74) is 3.00. The second-order valence-corrected chi connectivity index (χ2v) is 6.11. The Bertz CT molecular complexity index is 645. The molecule has 0 heterocycles. The maximum Gasteiger partial charge on any atom is 0.228 e. The van der Waals surface area contributed by atoms with E-state index in [2.05, 4.69) is 36.2 Å². The van der Waals surface area contributed by atoms with E-state index in [1.807, 2.05) is 36.4 Å². The lowest BCUT2D eigenvalue weighted by atomic mass is 10.1. The molecule has 1 amide bonds. The minimum atomic E-state index is -0.0168. The number of rotatable bonds is 9. The van der Waals surface area contributed by atoms with E-state index in [4.69, 9.17) is 4.74 Å². The molecular formula is C21H28N2O2. The van der Waals surface area contributed by atoms with Gasteiger partial charge in [0.25, 0.3) is 0 Å². The minimum Gasteiger partial charge on any atom is -0.497 e. The summed E-state index contributed by atoms with van der Waals surface area (Å²) >= 11 is 0. The smallest absolute Gasteiger partial charge is 0.228 e. The summed E-state index contributed by atoms with van der Waals surface area (Å²) in [7, 11) is 1.63. The van der Waals surface area contributed by atoms with E-state index in [1.54, 1.807) is 7.11 Å². The highest BCUT2D eigenvalue weighted by molar-refractivity contribution is 5.92. The first-order valence-electron chi connectivity index (χ1n) is 8.94. The van der Waals surface area contributed by atoms with Crippen LogP contribution < -0.4 is 15.0 Å². The quantitative estimate of drug-likeness (QED) is 0.730. The second-order valence-electron chi connectivity index (χ2n) is 6.11. The zero-order valence-corrected chi connectivity index (χ0v) is 15.4. The molecule has 0 unspecified atom stereocenters. The fourth-order valence-corrected chi connectivity index (χ4v) is 2.80. The van der Waals surface area contributed by atoms with Crippen LogP contribution in [-0.2, 0) is 11.2 Å². The van der Waals surface area contributed by atoms with Gasteiger partial charge < -0.3 is 15.0 Å². The number of hydrogen-bond donors (Lipinski definition) is 1. The summed E-state index contributed by atoms with van der Waals surface area (Å²) in [6.07, 6.45) is 2.60. The number of benzene rings is 2. The Balaban J connectivity index is 1.93. The van der Waals surface area contributed by atoms with E-state index in [0.717, 1.165) is 42.9 Å². The summed E-state index contributed by atoms with van der Waals surface area (Å²) in [6.45, 7) is 6.49. The van der Waals surface area contributed by atoms with Crippen molar-refractivity contribution in [1.82, 2.24) is 0 Å². The largest absolute Gasteiger partial charge is 0.497 e. The van der Waals surface area contributed by atoms with Crippen LogP contribution in [0, 0.1) is 0 Å². The summed E-state index contributed by atoms with van der Waals surface area (Å²) in [5.74, 6) is 0.778. The third kappa shape index (κ3) is 5.82. The van der Waals surface area contributed by atoms with Crippen LogP contribution in [0.1, 0.15) is 32.3 Å². The Morgan fingerprint density at radius 2 is 1.56 bits per heavy atom. The van der Waals surface area contributed by atoms with E-state index in [0.29, 0.717) is 6.42 Å². The van der Waals surface area contributed by atoms with Gasteiger partial charge in [-0.3, -0.25) is 4.79 Å². The molecule has 0 fully saturated rings. The van der Waals surface area contributed by atoms with Gasteiger partial charge in [0.1, 0.15) is 5.75 Å². The summed E-state index contributed by atoms with van der Waals surface area (Å²) < 4.78 is 5.13. The molecule has 25 heavy (non-hydrogen) atoms. The van der Waals surface area contributed by atoms with Gasteiger partial charge in [0.15, 0.2) is 0 Å². The molecule has 0 aliphatic heterocycles. The van der Waals surface area contributed by atoms with Gasteiger partial charge in [0, 0.05) is 24.5 Å². The van der Waals surface area contributed by atoms with Crippen molar-refractivity contribution >= 4 is 17.3 Å². The van der Waals surface area contributed by atoms with Gasteiger partial charge in [0.2, 0.25) is 5.91 Å². The summed E-state index contributed by atoms with van der Waals surface area (Å²) in [6, 6.07) is 15.7. The molecule has 0 aliphatic rings. The van der Waals surface area contributed by atoms with Crippen LogP contribution in [0.5, 0.6) is 5.75 Å². The molecule has 0 radical (unpaired) electrons. The van der Waals surface area contributed by atoms with E-state index in [1.165, 1.54) is 5.69 Å². The lowest BCUT2D eigenvalue weighted by Crippen LogP contribution is -2.24. The number of anilines is 2. The highest BCUT2D eigenvalue weighted by Crippen LogP contribution is 2.19. The van der Waals surface area contributed by atoms with Crippen LogP contribution in [0.3, 0.4) is 0 Å². The topological polar surface area (TPSA) is 41.6 Å². The third-order valence-corrected chi connectivity index (χ3v) is 4.03. The molecule has 0 aromatic heterocycles. The lowest BCUT2D eigenvalue weighted by molar-refractivity contribution is -0.115. The first-order valence-corrected chi connectivity index (χ1v) is 8.94. The summed E-state index contributed by atoms with van der Waals surface area (Å²) in [5, 5.41) is 2.96. The van der Waals surface area contributed by atoms with Crippen molar-refractivity contribution in [3.05, 3.63) is 54.1 Å². The fraction of sp³-hybridized carbons (Fsp3) is 0.381. The average molecular weight is 340 g/mol. The van der Waals surface area contributed by atoms with Crippen molar-refractivity contribution in [3.8, 4) is 5.75 Å². The number of nitrogens with zero attached hydrogens (tertiary/aromatic N) is 1. The molecule has 0 bridgehead atoms. The molecule has 4 nitrogen and oxygen atoms in total. The van der Waals surface area contributed by atoms with Crippen molar-refractivity contribution in [2.24, 2.45) is 0 Å². The maximum absolute atomic E-state index is 12.2. The van der Waals surface area contributed by atoms with E-state index >= 15 is 0 Å². The minimum absolute atomic E-state index is 0.0168. The molecule has 0 spiro atoms. The van der Waals surface area contributed by atoms with Gasteiger partial charge in [-0.15, -0.1) is 0 Å². The number of carbonyl (C=O) groups is 1. The zero-order valence-electron chi connectivity index (χ0n) is 15.4. The number of ether oxygens (including phenoxy) is 1. The standard InChI is InChI=1S/C21H28N2O2/c1-4-14-23(15-5-2)19-10-8-18(9-11-19)22-21(24)16-17-6-12-20(25-3)13-7-17/h6-13H,4-5,14-16H2,1-3H3,(H,22,24). The van der Waals surface area contributed by atoms with Gasteiger partial charge >= 0.3 is 0 Å². The monoisotopic (exact) mass is 340 g/mol. The van der Waals surface area contributed by atoms with E-state index in [9.17, 15) is 4.79 Å². The average Bonchev–Trinajstić information content (AvgIpc) is 2.63. The molecule has 2 rings (SSSR count). The van der Waals surface area contributed by atoms with Crippen LogP contribution in [-0.4, -0.2) is 26.1 Å². The molecule has 4 heteroatoms. The number of amides is 1. The third-order valence-electron chi connectivity index (χ3n) is 4.03. The number of nitrogens with one attached hydrogen (secondary N) is 1. The van der Waals surface area contributed by atoms with E-state index < -0.39 is 0 Å². The normalized spacial score (nSPS) is 10.4. The van der Waals surface area contributed by atoms with E-state index in [-0.39, 0.29) is 5.91 Å². The van der Waals surface area contributed by atoms with Gasteiger partial charge in [-0.25, -0.2) is 0 Å². The van der Waals surface area contributed by atoms with Gasteiger partial charge in [-0.05, 0) is 54.8 Å². The molecule has 1 N–H and O–H groups in total. The van der Waals surface area contributed by atoms with Crippen molar-refractivity contribution in [3.63, 3.8) is 0 Å². The maximum atomic E-state index is 12.2. The van der Waals surface area contributed by atoms with Crippen molar-refractivity contribution in [2.45, 2.75) is 33.1 Å². The van der Waals surface area contributed by atoms with Crippen LogP contribution in [0.15, 0.2) is 48.5 Å². The Morgan fingerprint density at radius 1 is 0.960 bits per heavy atom. The van der Waals surface area contributed by atoms with Gasteiger partial charge in [0.05, 0.1) is 13.5 Å². The Labute approximate surface area is 150 Å². The lowest BCUT2D eigenvalue weighted by Gasteiger charge is -2.24. The molecular weight excluding hydrogens is 312 g/mol. The first kappa shape index (κ1) is 18.8. The molecule has 0 aliphatic carbocycles. The highest BCUT2D eigenvalue weighted by atomic mass is 16.5. The molecule has 134 valence electrons. The predicted octanol–water partition coefficient (Wildman–Crippen LogP) is 4.50. The van der Waals surface area contributed by atoms with Crippen molar-refractivity contribution in [1.29, 1.82) is 0 Å². The zero-order chi connectivity index (χ0) is 18.1. The number of carbonyl (C=O) groups excluding carboxylic acids is 1. The van der Waals surface area contributed by atoms with Crippen LogP contribution in [0.4, 0.5) is 11.4 Å².